The van der Waals surface area contributed by atoms with Gasteiger partial charge in [0.25, 0.3) is 0 Å². The molecule has 1 aromatic carbocycles. The van der Waals surface area contributed by atoms with E-state index in [-0.39, 0.29) is 5.82 Å². The van der Waals surface area contributed by atoms with Gasteiger partial charge in [0.15, 0.2) is 5.82 Å². The molecule has 0 aliphatic rings. The Kier molecular flexibility index (Phi) is 2.44. The molecule has 0 amide bonds. The number of nitrogens with two attached hydrogens (primary N) is 1. The van der Waals surface area contributed by atoms with Gasteiger partial charge in [0.2, 0.25) is 0 Å². The standard InChI is InChI=1S/C9H8BrFN4/c1-5-2-7(11)6(10)3-8(5)15-4-9(12)13-14-15/h2-4H,12H2,1H3. The van der Waals surface area contributed by atoms with Crippen molar-refractivity contribution >= 4 is 21.7 Å². The molecule has 0 saturated carbocycles. The molecule has 0 aliphatic carbocycles. The van der Waals surface area contributed by atoms with Crippen molar-refractivity contribution in [1.29, 1.82) is 0 Å². The van der Waals surface area contributed by atoms with E-state index in [1.54, 1.807) is 19.2 Å². The minimum atomic E-state index is -0.302. The van der Waals surface area contributed by atoms with Crippen molar-refractivity contribution in [3.63, 3.8) is 0 Å². The predicted molar refractivity (Wildman–Crippen MR) is 58.2 cm³/mol. The molecule has 0 aliphatic heterocycles. The lowest BCUT2D eigenvalue weighted by Crippen LogP contribution is -1.99. The van der Waals surface area contributed by atoms with Crippen LogP contribution in [0.25, 0.3) is 5.69 Å². The van der Waals surface area contributed by atoms with Gasteiger partial charge < -0.3 is 5.73 Å². The largest absolute Gasteiger partial charge is 0.381 e. The van der Waals surface area contributed by atoms with Crippen molar-refractivity contribution < 1.29 is 4.39 Å². The van der Waals surface area contributed by atoms with Crippen LogP contribution in [0.3, 0.4) is 0 Å². The van der Waals surface area contributed by atoms with E-state index in [2.05, 4.69) is 26.2 Å². The number of rotatable bonds is 1. The molecule has 78 valence electrons. The molecular weight excluding hydrogens is 263 g/mol. The maximum atomic E-state index is 13.2. The van der Waals surface area contributed by atoms with E-state index in [0.29, 0.717) is 10.3 Å². The van der Waals surface area contributed by atoms with Crippen LogP contribution in [-0.2, 0) is 0 Å². The maximum Gasteiger partial charge on any atom is 0.166 e. The molecule has 15 heavy (non-hydrogen) atoms. The van der Waals surface area contributed by atoms with Gasteiger partial charge in [-0.2, -0.15) is 0 Å². The monoisotopic (exact) mass is 270 g/mol. The van der Waals surface area contributed by atoms with E-state index in [0.717, 1.165) is 11.3 Å². The van der Waals surface area contributed by atoms with Crippen molar-refractivity contribution in [3.8, 4) is 5.69 Å². The summed E-state index contributed by atoms with van der Waals surface area (Å²) in [6.45, 7) is 1.79. The number of halogens is 2. The van der Waals surface area contributed by atoms with Crippen LogP contribution in [0.1, 0.15) is 5.56 Å². The lowest BCUT2D eigenvalue weighted by molar-refractivity contribution is 0.618. The zero-order chi connectivity index (χ0) is 11.0. The molecule has 0 atom stereocenters. The zero-order valence-electron chi connectivity index (χ0n) is 7.91. The first-order valence-electron chi connectivity index (χ1n) is 4.22. The van der Waals surface area contributed by atoms with Gasteiger partial charge in [-0.3, -0.25) is 0 Å². The van der Waals surface area contributed by atoms with E-state index in [4.69, 9.17) is 5.73 Å². The van der Waals surface area contributed by atoms with Crippen molar-refractivity contribution in [2.75, 3.05) is 5.73 Å². The summed E-state index contributed by atoms with van der Waals surface area (Å²) >= 11 is 3.12. The first-order chi connectivity index (χ1) is 7.08. The maximum absolute atomic E-state index is 13.2. The van der Waals surface area contributed by atoms with Crippen LogP contribution in [-0.4, -0.2) is 15.0 Å². The summed E-state index contributed by atoms with van der Waals surface area (Å²) in [5.74, 6) is 0.0270. The van der Waals surface area contributed by atoms with E-state index in [1.165, 1.54) is 10.7 Å². The molecule has 1 heterocycles. The highest BCUT2D eigenvalue weighted by molar-refractivity contribution is 9.10. The number of aromatic nitrogens is 3. The van der Waals surface area contributed by atoms with Crippen LogP contribution in [0, 0.1) is 12.7 Å². The summed E-state index contributed by atoms with van der Waals surface area (Å²) in [5, 5.41) is 7.48. The van der Waals surface area contributed by atoms with Crippen molar-refractivity contribution in [3.05, 3.63) is 34.2 Å². The fourth-order valence-corrected chi connectivity index (χ4v) is 1.61. The quantitative estimate of drug-likeness (QED) is 0.863. The van der Waals surface area contributed by atoms with Gasteiger partial charge in [0.1, 0.15) is 5.82 Å². The number of hydrogen-bond acceptors (Lipinski definition) is 3. The van der Waals surface area contributed by atoms with E-state index in [9.17, 15) is 4.39 Å². The van der Waals surface area contributed by atoms with Crippen LogP contribution < -0.4 is 5.73 Å². The molecule has 2 N–H and O–H groups in total. The summed E-state index contributed by atoms with van der Waals surface area (Å²) < 4.78 is 15.1. The SMILES string of the molecule is Cc1cc(F)c(Br)cc1-n1cc(N)nn1. The van der Waals surface area contributed by atoms with E-state index in [1.807, 2.05) is 0 Å². The summed E-state index contributed by atoms with van der Waals surface area (Å²) in [4.78, 5) is 0. The summed E-state index contributed by atoms with van der Waals surface area (Å²) in [6, 6.07) is 3.07. The minimum Gasteiger partial charge on any atom is -0.381 e. The molecule has 0 fully saturated rings. The Balaban J connectivity index is 2.58. The third-order valence-electron chi connectivity index (χ3n) is 2.00. The molecule has 2 rings (SSSR count). The van der Waals surface area contributed by atoms with E-state index >= 15 is 0 Å². The Morgan fingerprint density at radius 2 is 2.20 bits per heavy atom. The molecule has 0 spiro atoms. The number of hydrogen-bond donors (Lipinski definition) is 1. The van der Waals surface area contributed by atoms with Gasteiger partial charge in [0.05, 0.1) is 16.4 Å². The van der Waals surface area contributed by atoms with Gasteiger partial charge in [-0.05, 0) is 40.5 Å². The zero-order valence-corrected chi connectivity index (χ0v) is 9.49. The Bertz CT molecular complexity index is 509. The van der Waals surface area contributed by atoms with Crippen LogP contribution in [0.5, 0.6) is 0 Å². The molecule has 0 radical (unpaired) electrons. The van der Waals surface area contributed by atoms with Gasteiger partial charge >= 0.3 is 0 Å². The summed E-state index contributed by atoms with van der Waals surface area (Å²) in [5.41, 5.74) is 6.96. The highest BCUT2D eigenvalue weighted by Gasteiger charge is 2.08. The molecule has 0 saturated heterocycles. The number of nitrogen functional groups attached to an aromatic ring is 1. The van der Waals surface area contributed by atoms with Crippen molar-refractivity contribution in [1.82, 2.24) is 15.0 Å². The smallest absolute Gasteiger partial charge is 0.166 e. The van der Waals surface area contributed by atoms with Crippen LogP contribution in [0.2, 0.25) is 0 Å². The van der Waals surface area contributed by atoms with Gasteiger partial charge in [-0.15, -0.1) is 5.10 Å². The summed E-state index contributed by atoms with van der Waals surface area (Å²) in [6.07, 6.45) is 1.58. The molecular formula is C9H8BrFN4. The lowest BCUT2D eigenvalue weighted by Gasteiger charge is -2.05. The third-order valence-corrected chi connectivity index (χ3v) is 2.60. The molecule has 0 unspecified atom stereocenters. The molecule has 2 aromatic rings. The van der Waals surface area contributed by atoms with Crippen LogP contribution in [0.15, 0.2) is 22.8 Å². The molecule has 0 bridgehead atoms. The highest BCUT2D eigenvalue weighted by atomic mass is 79.9. The summed E-state index contributed by atoms with van der Waals surface area (Å²) in [7, 11) is 0. The topological polar surface area (TPSA) is 56.7 Å². The number of benzene rings is 1. The fraction of sp³-hybridized carbons (Fsp3) is 0.111. The van der Waals surface area contributed by atoms with Gasteiger partial charge in [-0.25, -0.2) is 9.07 Å². The average molecular weight is 271 g/mol. The average Bonchev–Trinajstić information content (AvgIpc) is 2.58. The number of anilines is 1. The third kappa shape index (κ3) is 1.85. The first-order valence-corrected chi connectivity index (χ1v) is 5.01. The van der Waals surface area contributed by atoms with E-state index < -0.39 is 0 Å². The second-order valence-electron chi connectivity index (χ2n) is 3.14. The van der Waals surface area contributed by atoms with Crippen molar-refractivity contribution in [2.24, 2.45) is 0 Å². The highest BCUT2D eigenvalue weighted by Crippen LogP contribution is 2.22. The second kappa shape index (κ2) is 3.62. The Morgan fingerprint density at radius 3 is 2.80 bits per heavy atom. The number of aryl methyl sites for hydroxylation is 1. The predicted octanol–water partition coefficient (Wildman–Crippen LogP) is 2.06. The fourth-order valence-electron chi connectivity index (χ4n) is 1.28. The Labute approximate surface area is 94.0 Å². The van der Waals surface area contributed by atoms with Crippen LogP contribution >= 0.6 is 15.9 Å². The number of nitrogens with zero attached hydrogens (tertiary/aromatic N) is 3. The molecule has 1 aromatic heterocycles. The van der Waals surface area contributed by atoms with Gasteiger partial charge in [-0.1, -0.05) is 5.21 Å². The molecule has 4 nitrogen and oxygen atoms in total. The van der Waals surface area contributed by atoms with Crippen molar-refractivity contribution in [2.45, 2.75) is 6.92 Å². The normalized spacial score (nSPS) is 10.6. The Morgan fingerprint density at radius 1 is 1.47 bits per heavy atom. The second-order valence-corrected chi connectivity index (χ2v) is 4.00. The van der Waals surface area contributed by atoms with Crippen LogP contribution in [0.4, 0.5) is 10.2 Å². The first kappa shape index (κ1) is 10.1. The lowest BCUT2D eigenvalue weighted by atomic mass is 10.2. The molecule has 6 heteroatoms. The van der Waals surface area contributed by atoms with Gasteiger partial charge in [0, 0.05) is 0 Å². The Hall–Kier alpha value is -1.43. The minimum absolute atomic E-state index is 0.302.